The first-order valence-corrected chi connectivity index (χ1v) is 10.1. The van der Waals surface area contributed by atoms with Gasteiger partial charge in [-0.05, 0) is 44.5 Å². The van der Waals surface area contributed by atoms with Crippen LogP contribution >= 0.6 is 11.6 Å². The van der Waals surface area contributed by atoms with Crippen molar-refractivity contribution in [1.82, 2.24) is 10.2 Å². The quantitative estimate of drug-likeness (QED) is 0.528. The van der Waals surface area contributed by atoms with E-state index in [0.29, 0.717) is 5.56 Å². The van der Waals surface area contributed by atoms with Gasteiger partial charge >= 0.3 is 5.97 Å². The third kappa shape index (κ3) is 5.39. The van der Waals surface area contributed by atoms with Crippen molar-refractivity contribution in [2.24, 2.45) is 5.73 Å². The van der Waals surface area contributed by atoms with Gasteiger partial charge in [-0.2, -0.15) is 0 Å². The summed E-state index contributed by atoms with van der Waals surface area (Å²) < 4.78 is 20.0. The zero-order valence-electron chi connectivity index (χ0n) is 17.7. The van der Waals surface area contributed by atoms with Crippen molar-refractivity contribution >= 4 is 29.2 Å². The standard InChI is InChI=1S/C23H22ClFN4O3/c1-23(2,3)32-22(31)19(13-8-5-4-6-9-13)27-17-12-16(28-29-20(17)21(26)30)18-14(24)10-7-11-15(18)25/h4-12,19H,1-3H3,(H2,26,30)(H,27,28). The smallest absolute Gasteiger partial charge is 0.333 e. The molecule has 0 spiro atoms. The Hall–Kier alpha value is -3.52. The Morgan fingerprint density at radius 3 is 2.38 bits per heavy atom. The van der Waals surface area contributed by atoms with E-state index in [2.05, 4.69) is 15.5 Å². The normalized spacial score (nSPS) is 12.2. The summed E-state index contributed by atoms with van der Waals surface area (Å²) in [5, 5.41) is 10.8. The highest BCUT2D eigenvalue weighted by atomic mass is 35.5. The van der Waals surface area contributed by atoms with Gasteiger partial charge in [0.2, 0.25) is 0 Å². The van der Waals surface area contributed by atoms with Gasteiger partial charge < -0.3 is 15.8 Å². The molecule has 7 nitrogen and oxygen atoms in total. The molecular weight excluding hydrogens is 435 g/mol. The second-order valence-corrected chi connectivity index (χ2v) is 8.38. The molecule has 2 aromatic carbocycles. The molecular formula is C23H22ClFN4O3. The summed E-state index contributed by atoms with van der Waals surface area (Å²) in [6.07, 6.45) is 0. The molecule has 1 heterocycles. The molecule has 1 unspecified atom stereocenters. The summed E-state index contributed by atoms with van der Waals surface area (Å²) in [7, 11) is 0. The molecule has 0 fully saturated rings. The maximum absolute atomic E-state index is 14.4. The summed E-state index contributed by atoms with van der Waals surface area (Å²) in [6, 6.07) is 13.4. The van der Waals surface area contributed by atoms with E-state index in [4.69, 9.17) is 22.1 Å². The van der Waals surface area contributed by atoms with E-state index in [1.165, 1.54) is 24.3 Å². The Kier molecular flexibility index (Phi) is 6.74. The van der Waals surface area contributed by atoms with E-state index in [0.717, 1.165) is 0 Å². The monoisotopic (exact) mass is 456 g/mol. The number of aromatic nitrogens is 2. The highest BCUT2D eigenvalue weighted by molar-refractivity contribution is 6.33. The molecule has 9 heteroatoms. The minimum atomic E-state index is -0.998. The van der Waals surface area contributed by atoms with Gasteiger partial charge in [0.25, 0.3) is 5.91 Å². The molecule has 3 rings (SSSR count). The Labute approximate surface area is 189 Å². The minimum absolute atomic E-state index is 0.00858. The molecule has 1 atom stereocenters. The van der Waals surface area contributed by atoms with Crippen molar-refractivity contribution in [3.8, 4) is 11.3 Å². The van der Waals surface area contributed by atoms with Crippen LogP contribution in [0.15, 0.2) is 54.6 Å². The highest BCUT2D eigenvalue weighted by Crippen LogP contribution is 2.32. The van der Waals surface area contributed by atoms with Crippen molar-refractivity contribution in [1.29, 1.82) is 0 Å². The van der Waals surface area contributed by atoms with E-state index in [9.17, 15) is 14.0 Å². The summed E-state index contributed by atoms with van der Waals surface area (Å²) in [4.78, 5) is 25.0. The molecule has 1 amide bonds. The topological polar surface area (TPSA) is 107 Å². The third-order valence-corrected chi connectivity index (χ3v) is 4.64. The zero-order chi connectivity index (χ0) is 23.5. The number of carbonyl (C=O) groups is 2. The summed E-state index contributed by atoms with van der Waals surface area (Å²) >= 11 is 6.15. The van der Waals surface area contributed by atoms with Gasteiger partial charge in [-0.1, -0.05) is 48.0 Å². The second-order valence-electron chi connectivity index (χ2n) is 7.97. The molecule has 0 aliphatic carbocycles. The summed E-state index contributed by atoms with van der Waals surface area (Å²) in [6.45, 7) is 5.23. The number of ether oxygens (including phenoxy) is 1. The number of anilines is 1. The lowest BCUT2D eigenvalue weighted by atomic mass is 10.0. The number of nitrogens with one attached hydrogen (secondary N) is 1. The van der Waals surface area contributed by atoms with Crippen LogP contribution < -0.4 is 11.1 Å². The molecule has 0 saturated heterocycles. The maximum atomic E-state index is 14.4. The molecule has 1 aromatic heterocycles. The lowest BCUT2D eigenvalue weighted by molar-refractivity contribution is -0.156. The number of nitrogens with zero attached hydrogens (tertiary/aromatic N) is 2. The van der Waals surface area contributed by atoms with Crippen molar-refractivity contribution in [3.05, 3.63) is 76.7 Å². The van der Waals surface area contributed by atoms with Crippen LogP contribution in [0.1, 0.15) is 42.9 Å². The molecule has 0 bridgehead atoms. The van der Waals surface area contributed by atoms with Crippen LogP contribution in [0, 0.1) is 5.82 Å². The van der Waals surface area contributed by atoms with Gasteiger partial charge in [-0.15, -0.1) is 10.2 Å². The molecule has 0 aliphatic rings. The molecule has 0 aliphatic heterocycles. The van der Waals surface area contributed by atoms with Gasteiger partial charge in [0.05, 0.1) is 22.0 Å². The Balaban J connectivity index is 2.10. The molecule has 0 radical (unpaired) electrons. The number of hydrogen-bond donors (Lipinski definition) is 2. The van der Waals surface area contributed by atoms with Gasteiger partial charge in [0, 0.05) is 0 Å². The fourth-order valence-corrected chi connectivity index (χ4v) is 3.25. The molecule has 3 aromatic rings. The summed E-state index contributed by atoms with van der Waals surface area (Å²) in [5.41, 5.74) is 5.23. The van der Waals surface area contributed by atoms with Crippen LogP contribution in [-0.2, 0) is 9.53 Å². The maximum Gasteiger partial charge on any atom is 0.333 e. The number of amides is 1. The Bertz CT molecular complexity index is 1130. The molecule has 166 valence electrons. The number of hydrogen-bond acceptors (Lipinski definition) is 6. The van der Waals surface area contributed by atoms with Gasteiger partial charge in [-0.25, -0.2) is 9.18 Å². The van der Waals surface area contributed by atoms with Crippen molar-refractivity contribution in [3.63, 3.8) is 0 Å². The molecule has 32 heavy (non-hydrogen) atoms. The van der Waals surface area contributed by atoms with E-state index in [1.807, 2.05) is 0 Å². The number of rotatable bonds is 6. The van der Waals surface area contributed by atoms with Crippen LogP contribution in [0.5, 0.6) is 0 Å². The molecule has 0 saturated carbocycles. The SMILES string of the molecule is CC(C)(C)OC(=O)C(Nc1cc(-c2c(F)cccc2Cl)nnc1C(N)=O)c1ccccc1. The van der Waals surface area contributed by atoms with E-state index < -0.39 is 29.3 Å². The fraction of sp³-hybridized carbons (Fsp3) is 0.217. The molecule has 3 N–H and O–H groups in total. The fourth-order valence-electron chi connectivity index (χ4n) is 2.99. The number of primary amides is 1. The second kappa shape index (κ2) is 9.32. The van der Waals surface area contributed by atoms with Crippen molar-refractivity contribution < 1.29 is 18.7 Å². The lowest BCUT2D eigenvalue weighted by Crippen LogP contribution is -2.32. The van der Waals surface area contributed by atoms with E-state index >= 15 is 0 Å². The first-order chi connectivity index (χ1) is 15.1. The number of esters is 1. The predicted molar refractivity (Wildman–Crippen MR) is 120 cm³/mol. The van der Waals surface area contributed by atoms with Gasteiger partial charge in [0.15, 0.2) is 11.7 Å². The van der Waals surface area contributed by atoms with Crippen molar-refractivity contribution in [2.45, 2.75) is 32.4 Å². The third-order valence-electron chi connectivity index (χ3n) is 4.32. The predicted octanol–water partition coefficient (Wildman–Crippen LogP) is 4.53. The van der Waals surface area contributed by atoms with Crippen LogP contribution in [-0.4, -0.2) is 27.7 Å². The van der Waals surface area contributed by atoms with Gasteiger partial charge in [0.1, 0.15) is 11.4 Å². The van der Waals surface area contributed by atoms with Crippen molar-refractivity contribution in [2.75, 3.05) is 5.32 Å². The van der Waals surface area contributed by atoms with Crippen LogP contribution in [0.2, 0.25) is 5.02 Å². The average molecular weight is 457 g/mol. The Morgan fingerprint density at radius 2 is 1.78 bits per heavy atom. The first-order valence-electron chi connectivity index (χ1n) is 9.73. The van der Waals surface area contributed by atoms with E-state index in [-0.39, 0.29) is 27.7 Å². The number of halogens is 2. The van der Waals surface area contributed by atoms with Crippen LogP contribution in [0.4, 0.5) is 10.1 Å². The largest absolute Gasteiger partial charge is 0.458 e. The highest BCUT2D eigenvalue weighted by Gasteiger charge is 2.28. The van der Waals surface area contributed by atoms with Gasteiger partial charge in [-0.3, -0.25) is 4.79 Å². The Morgan fingerprint density at radius 1 is 1.09 bits per heavy atom. The minimum Gasteiger partial charge on any atom is -0.458 e. The van der Waals surface area contributed by atoms with Crippen LogP contribution in [0.3, 0.4) is 0 Å². The van der Waals surface area contributed by atoms with E-state index in [1.54, 1.807) is 51.1 Å². The lowest BCUT2D eigenvalue weighted by Gasteiger charge is -2.26. The number of benzene rings is 2. The average Bonchev–Trinajstić information content (AvgIpc) is 2.71. The number of nitrogens with two attached hydrogens (primary N) is 1. The number of carbonyl (C=O) groups excluding carboxylic acids is 2. The summed E-state index contributed by atoms with van der Waals surface area (Å²) in [5.74, 6) is -2.07. The first kappa shape index (κ1) is 23.1. The van der Waals surface area contributed by atoms with Crippen LogP contribution in [0.25, 0.3) is 11.3 Å². The zero-order valence-corrected chi connectivity index (χ0v) is 18.5.